The van der Waals surface area contributed by atoms with Crippen LogP contribution in [-0.4, -0.2) is 28.0 Å². The first kappa shape index (κ1) is 18.1. The van der Waals surface area contributed by atoms with Gasteiger partial charge in [0.05, 0.1) is 12.3 Å². The summed E-state index contributed by atoms with van der Waals surface area (Å²) in [5.74, 6) is -0.360. The highest BCUT2D eigenvalue weighted by atomic mass is 35.5. The fourth-order valence-corrected chi connectivity index (χ4v) is 2.74. The van der Waals surface area contributed by atoms with E-state index < -0.39 is 0 Å². The van der Waals surface area contributed by atoms with E-state index in [-0.39, 0.29) is 18.2 Å². The second-order valence-corrected chi connectivity index (χ2v) is 6.34. The van der Waals surface area contributed by atoms with Crippen molar-refractivity contribution in [1.29, 1.82) is 0 Å². The number of anilines is 1. The minimum Gasteiger partial charge on any atom is -0.378 e. The number of hydrogen-bond acceptors (Lipinski definition) is 4. The molecule has 0 spiro atoms. The molecule has 3 aromatic rings. The maximum Gasteiger partial charge on any atom is 0.278 e. The summed E-state index contributed by atoms with van der Waals surface area (Å²) >= 11 is 6.12. The van der Waals surface area contributed by atoms with Gasteiger partial charge in [-0.15, -0.1) is 5.10 Å². The molecule has 26 heavy (non-hydrogen) atoms. The highest BCUT2D eigenvalue weighted by Crippen LogP contribution is 2.24. The lowest BCUT2D eigenvalue weighted by atomic mass is 10.2. The molecule has 0 unspecified atom stereocenters. The zero-order valence-corrected chi connectivity index (χ0v) is 15.5. The second kappa shape index (κ2) is 7.68. The van der Waals surface area contributed by atoms with Crippen LogP contribution in [-0.2, 0) is 11.3 Å². The Labute approximate surface area is 156 Å². The van der Waals surface area contributed by atoms with Crippen LogP contribution in [0.2, 0.25) is 5.02 Å². The van der Waals surface area contributed by atoms with E-state index in [0.29, 0.717) is 16.4 Å². The molecular formula is C19H19ClN4O2. The van der Waals surface area contributed by atoms with Gasteiger partial charge in [0.2, 0.25) is 0 Å². The van der Waals surface area contributed by atoms with E-state index in [0.717, 1.165) is 16.8 Å². The number of carbonyl (C=O) groups is 1. The molecule has 0 bridgehead atoms. The van der Waals surface area contributed by atoms with Gasteiger partial charge in [0.25, 0.3) is 5.91 Å². The van der Waals surface area contributed by atoms with Gasteiger partial charge >= 0.3 is 0 Å². The zero-order chi connectivity index (χ0) is 18.7. The Morgan fingerprint density at radius 3 is 2.62 bits per heavy atom. The van der Waals surface area contributed by atoms with Crippen molar-refractivity contribution in [3.05, 3.63) is 70.0 Å². The van der Waals surface area contributed by atoms with Gasteiger partial charge in [-0.2, -0.15) is 0 Å². The van der Waals surface area contributed by atoms with Crippen molar-refractivity contribution in [1.82, 2.24) is 15.0 Å². The van der Waals surface area contributed by atoms with Crippen molar-refractivity contribution in [2.45, 2.75) is 20.5 Å². The van der Waals surface area contributed by atoms with Crippen LogP contribution < -0.4 is 5.32 Å². The molecule has 0 saturated heterocycles. The van der Waals surface area contributed by atoms with Crippen molar-refractivity contribution in [3.8, 4) is 5.69 Å². The van der Waals surface area contributed by atoms with Crippen LogP contribution in [0.5, 0.6) is 0 Å². The third kappa shape index (κ3) is 3.61. The minimum absolute atomic E-state index is 0.207. The van der Waals surface area contributed by atoms with Crippen molar-refractivity contribution in [2.75, 3.05) is 12.4 Å². The lowest BCUT2D eigenvalue weighted by Gasteiger charge is -2.10. The zero-order valence-electron chi connectivity index (χ0n) is 14.8. The number of nitrogens with zero attached hydrogens (tertiary/aromatic N) is 3. The Morgan fingerprint density at radius 1 is 1.19 bits per heavy atom. The van der Waals surface area contributed by atoms with E-state index in [1.54, 1.807) is 30.0 Å². The third-order valence-electron chi connectivity index (χ3n) is 4.05. The SMILES string of the molecule is COCc1c(C(=O)Nc2cccc(Cl)c2C)nnn1-c1ccc(C)cc1. The van der Waals surface area contributed by atoms with Gasteiger partial charge < -0.3 is 10.1 Å². The Balaban J connectivity index is 1.95. The molecular weight excluding hydrogens is 352 g/mol. The van der Waals surface area contributed by atoms with Gasteiger partial charge in [-0.25, -0.2) is 4.68 Å². The molecule has 134 valence electrons. The average Bonchev–Trinajstić information content (AvgIpc) is 3.04. The number of aryl methyl sites for hydroxylation is 1. The molecule has 7 heteroatoms. The lowest BCUT2D eigenvalue weighted by Crippen LogP contribution is -2.16. The molecule has 1 aromatic heterocycles. The molecule has 6 nitrogen and oxygen atoms in total. The molecule has 0 atom stereocenters. The first-order chi connectivity index (χ1) is 12.5. The Kier molecular flexibility index (Phi) is 5.35. The second-order valence-electron chi connectivity index (χ2n) is 5.93. The van der Waals surface area contributed by atoms with Crippen LogP contribution in [0.3, 0.4) is 0 Å². The van der Waals surface area contributed by atoms with Crippen molar-refractivity contribution in [2.24, 2.45) is 0 Å². The first-order valence-corrected chi connectivity index (χ1v) is 8.46. The number of amides is 1. The van der Waals surface area contributed by atoms with E-state index in [2.05, 4.69) is 15.6 Å². The Morgan fingerprint density at radius 2 is 1.92 bits per heavy atom. The topological polar surface area (TPSA) is 69.0 Å². The third-order valence-corrected chi connectivity index (χ3v) is 4.46. The quantitative estimate of drug-likeness (QED) is 0.738. The predicted octanol–water partition coefficient (Wildman–Crippen LogP) is 3.94. The van der Waals surface area contributed by atoms with Crippen LogP contribution in [0.25, 0.3) is 5.69 Å². The van der Waals surface area contributed by atoms with E-state index in [9.17, 15) is 4.79 Å². The fraction of sp³-hybridized carbons (Fsp3) is 0.211. The van der Waals surface area contributed by atoms with E-state index in [4.69, 9.17) is 16.3 Å². The summed E-state index contributed by atoms with van der Waals surface area (Å²) in [7, 11) is 1.56. The molecule has 1 heterocycles. The van der Waals surface area contributed by atoms with Crippen molar-refractivity contribution >= 4 is 23.2 Å². The molecule has 2 aromatic carbocycles. The van der Waals surface area contributed by atoms with Crippen LogP contribution in [0.1, 0.15) is 27.3 Å². The summed E-state index contributed by atoms with van der Waals surface area (Å²) in [5, 5.41) is 11.6. The molecule has 0 saturated carbocycles. The van der Waals surface area contributed by atoms with Crippen LogP contribution in [0, 0.1) is 13.8 Å². The number of rotatable bonds is 5. The van der Waals surface area contributed by atoms with Gasteiger partial charge in [0, 0.05) is 17.8 Å². The normalized spacial score (nSPS) is 10.8. The molecule has 1 N–H and O–H groups in total. The van der Waals surface area contributed by atoms with E-state index in [1.165, 1.54) is 0 Å². The van der Waals surface area contributed by atoms with Crippen molar-refractivity contribution in [3.63, 3.8) is 0 Å². The highest BCUT2D eigenvalue weighted by molar-refractivity contribution is 6.31. The summed E-state index contributed by atoms with van der Waals surface area (Å²) in [6.07, 6.45) is 0. The van der Waals surface area contributed by atoms with Gasteiger partial charge in [-0.3, -0.25) is 4.79 Å². The van der Waals surface area contributed by atoms with Crippen LogP contribution >= 0.6 is 11.6 Å². The predicted molar refractivity (Wildman–Crippen MR) is 101 cm³/mol. The van der Waals surface area contributed by atoms with Crippen molar-refractivity contribution < 1.29 is 9.53 Å². The smallest absolute Gasteiger partial charge is 0.278 e. The lowest BCUT2D eigenvalue weighted by molar-refractivity contribution is 0.101. The maximum absolute atomic E-state index is 12.7. The molecule has 0 aliphatic heterocycles. The van der Waals surface area contributed by atoms with Crippen LogP contribution in [0.15, 0.2) is 42.5 Å². The summed E-state index contributed by atoms with van der Waals surface area (Å²) in [6.45, 7) is 4.06. The number of halogens is 1. The summed E-state index contributed by atoms with van der Waals surface area (Å²) in [5.41, 5.74) is 4.17. The number of carbonyl (C=O) groups excluding carboxylic acids is 1. The van der Waals surface area contributed by atoms with Gasteiger partial charge in [0.15, 0.2) is 5.69 Å². The van der Waals surface area contributed by atoms with E-state index >= 15 is 0 Å². The molecule has 1 amide bonds. The number of ether oxygens (including phenoxy) is 1. The molecule has 0 aliphatic rings. The van der Waals surface area contributed by atoms with Gasteiger partial charge in [-0.05, 0) is 43.7 Å². The minimum atomic E-state index is -0.360. The number of methoxy groups -OCH3 is 1. The first-order valence-electron chi connectivity index (χ1n) is 8.08. The summed E-state index contributed by atoms with van der Waals surface area (Å²) in [6, 6.07) is 13.1. The Hall–Kier alpha value is -2.70. The fourth-order valence-electron chi connectivity index (χ4n) is 2.56. The number of nitrogens with one attached hydrogen (secondary N) is 1. The monoisotopic (exact) mass is 370 g/mol. The highest BCUT2D eigenvalue weighted by Gasteiger charge is 2.21. The molecule has 3 rings (SSSR count). The van der Waals surface area contributed by atoms with Gasteiger partial charge in [0.1, 0.15) is 5.69 Å². The Bertz CT molecular complexity index is 935. The molecule has 0 aliphatic carbocycles. The molecule has 0 fully saturated rings. The molecule has 0 radical (unpaired) electrons. The summed E-state index contributed by atoms with van der Waals surface area (Å²) in [4.78, 5) is 12.7. The summed E-state index contributed by atoms with van der Waals surface area (Å²) < 4.78 is 6.87. The van der Waals surface area contributed by atoms with Crippen LogP contribution in [0.4, 0.5) is 5.69 Å². The largest absolute Gasteiger partial charge is 0.378 e. The van der Waals surface area contributed by atoms with Gasteiger partial charge in [-0.1, -0.05) is 40.6 Å². The average molecular weight is 371 g/mol. The number of benzene rings is 2. The number of aromatic nitrogens is 3. The standard InChI is InChI=1S/C19H19ClN4O2/c1-12-7-9-14(10-8-12)24-17(11-26-3)18(22-23-24)19(25)21-16-6-4-5-15(20)13(16)2/h4-10H,11H2,1-3H3,(H,21,25). The van der Waals surface area contributed by atoms with E-state index in [1.807, 2.05) is 38.1 Å². The maximum atomic E-state index is 12.7. The number of hydrogen-bond donors (Lipinski definition) is 1.